The molecular weight excluding hydrogens is 751 g/mol. The van der Waals surface area contributed by atoms with Crippen LogP contribution < -0.4 is 5.73 Å². The average molecular weight is 801 g/mol. The van der Waals surface area contributed by atoms with Gasteiger partial charge in [-0.15, -0.1) is 0 Å². The Labute approximate surface area is 326 Å². The number of fused-ring (bicyclic) bond motifs is 1. The number of benzene rings is 1. The molecule has 1 aliphatic heterocycles. The zero-order valence-corrected chi connectivity index (χ0v) is 32.8. The lowest BCUT2D eigenvalue weighted by atomic mass is 9.90. The van der Waals surface area contributed by atoms with Crippen LogP contribution in [0.5, 0.6) is 0 Å². The molecule has 1 amide bonds. The summed E-state index contributed by atoms with van der Waals surface area (Å²) in [6.45, 7) is 2.34. The van der Waals surface area contributed by atoms with Crippen LogP contribution in [-0.2, 0) is 41.4 Å². The number of nitrogen functional groups attached to an aromatic ring is 1. The van der Waals surface area contributed by atoms with E-state index in [4.69, 9.17) is 31.8 Å². The normalized spacial score (nSPS) is 15.8. The van der Waals surface area contributed by atoms with Gasteiger partial charge in [0.15, 0.2) is 5.78 Å². The van der Waals surface area contributed by atoms with Gasteiger partial charge in [0.05, 0.1) is 39.3 Å². The minimum atomic E-state index is -3.48. The van der Waals surface area contributed by atoms with Gasteiger partial charge in [-0.25, -0.2) is 14.4 Å². The van der Waals surface area contributed by atoms with Gasteiger partial charge in [0, 0.05) is 72.8 Å². The lowest BCUT2D eigenvalue weighted by Gasteiger charge is -2.25. The molecule has 1 fully saturated rings. The Bertz CT molecular complexity index is 2010. The first kappa shape index (κ1) is 42.1. The first-order valence-electron chi connectivity index (χ1n) is 18.8. The monoisotopic (exact) mass is 800 g/mol. The Kier molecular flexibility index (Phi) is 15.9. The number of carbonyl (C=O) groups is 2. The number of nitrogens with two attached hydrogens (primary N) is 1. The third-order valence-electron chi connectivity index (χ3n) is 9.64. The van der Waals surface area contributed by atoms with Gasteiger partial charge in [-0.2, -0.15) is 8.42 Å². The van der Waals surface area contributed by atoms with Gasteiger partial charge in [-0.1, -0.05) is 30.5 Å². The van der Waals surface area contributed by atoms with E-state index in [-0.39, 0.29) is 42.7 Å². The second-order valence-electron chi connectivity index (χ2n) is 13.8. The fraction of sp³-hybridized carbons (Fsp3) is 0.513. The SMILES string of the molecule is CS(=O)(=O)OCCOCCOCCN1CCCCC(CCc2nc(-c3ccc(C(=O)CCCc4cc(Cl)ccn4)cc3F)c3c(N)nccn23)CCCC1=O. The second kappa shape index (κ2) is 20.8. The van der Waals surface area contributed by atoms with Gasteiger partial charge in [0.1, 0.15) is 28.7 Å². The minimum absolute atomic E-state index is 0.0373. The van der Waals surface area contributed by atoms with E-state index >= 15 is 4.39 Å². The number of nitrogens with zero attached hydrogens (tertiary/aromatic N) is 5. The van der Waals surface area contributed by atoms with Crippen molar-refractivity contribution in [2.75, 3.05) is 58.1 Å². The van der Waals surface area contributed by atoms with E-state index in [0.717, 1.165) is 56.3 Å². The number of Topliss-reactive ketones (excluding diaryl/α,β-unsaturated/α-hetero) is 1. The van der Waals surface area contributed by atoms with E-state index in [1.165, 1.54) is 6.07 Å². The van der Waals surface area contributed by atoms with E-state index in [1.54, 1.807) is 42.9 Å². The Hall–Kier alpha value is -4.02. The maximum absolute atomic E-state index is 15.7. The molecule has 1 aliphatic rings. The number of aromatic nitrogens is 4. The molecule has 55 heavy (non-hydrogen) atoms. The van der Waals surface area contributed by atoms with Crippen LogP contribution in [0.3, 0.4) is 0 Å². The molecule has 16 heteroatoms. The van der Waals surface area contributed by atoms with Gasteiger partial charge < -0.3 is 20.1 Å². The molecule has 1 saturated heterocycles. The van der Waals surface area contributed by atoms with Crippen molar-refractivity contribution in [3.63, 3.8) is 0 Å². The maximum atomic E-state index is 15.7. The van der Waals surface area contributed by atoms with Crippen LogP contribution in [0, 0.1) is 11.7 Å². The molecular formula is C39H50ClFN6O7S. The van der Waals surface area contributed by atoms with Gasteiger partial charge in [0.25, 0.3) is 10.1 Å². The first-order chi connectivity index (χ1) is 26.5. The van der Waals surface area contributed by atoms with Crippen molar-refractivity contribution in [3.8, 4) is 11.3 Å². The number of rotatable bonds is 19. The molecule has 4 heterocycles. The third kappa shape index (κ3) is 13.0. The Morgan fingerprint density at radius 1 is 1.00 bits per heavy atom. The summed E-state index contributed by atoms with van der Waals surface area (Å²) in [7, 11) is -3.48. The zero-order valence-electron chi connectivity index (χ0n) is 31.3. The number of anilines is 1. The highest BCUT2D eigenvalue weighted by Crippen LogP contribution is 2.32. The third-order valence-corrected chi connectivity index (χ3v) is 10.5. The number of ether oxygens (including phenoxy) is 2. The lowest BCUT2D eigenvalue weighted by Crippen LogP contribution is -2.35. The smallest absolute Gasteiger partial charge is 0.264 e. The van der Waals surface area contributed by atoms with Gasteiger partial charge >= 0.3 is 0 Å². The van der Waals surface area contributed by atoms with E-state index in [1.807, 2.05) is 9.30 Å². The summed E-state index contributed by atoms with van der Waals surface area (Å²) in [5.74, 6) is 0.794. The van der Waals surface area contributed by atoms with Crippen molar-refractivity contribution in [2.45, 2.75) is 70.6 Å². The topological polar surface area (TPSA) is 168 Å². The largest absolute Gasteiger partial charge is 0.382 e. The zero-order chi connectivity index (χ0) is 39.2. The number of ketones is 1. The van der Waals surface area contributed by atoms with Crippen molar-refractivity contribution in [1.82, 2.24) is 24.3 Å². The van der Waals surface area contributed by atoms with Crippen molar-refractivity contribution >= 4 is 44.7 Å². The molecule has 4 aromatic rings. The van der Waals surface area contributed by atoms with Crippen LogP contribution in [0.2, 0.25) is 5.02 Å². The summed E-state index contributed by atoms with van der Waals surface area (Å²) in [4.78, 5) is 41.3. The number of amides is 1. The average Bonchev–Trinajstić information content (AvgIpc) is 3.52. The first-order valence-corrected chi connectivity index (χ1v) is 21.0. The van der Waals surface area contributed by atoms with E-state index in [9.17, 15) is 18.0 Å². The molecule has 0 bridgehead atoms. The number of pyridine rings is 1. The minimum Gasteiger partial charge on any atom is -0.382 e. The van der Waals surface area contributed by atoms with Crippen LogP contribution >= 0.6 is 11.6 Å². The standard InChI is InChI=1S/C39H50ClFN6O7S/c1-55(50,51)54-25-24-53-23-22-52-21-20-46-18-3-2-6-28(7-4-10-36(46)49)11-14-35-45-37(38-39(42)44-17-19-47(35)38)32-13-12-29(26-33(32)41)34(48)9-5-8-31-27-30(40)15-16-43-31/h12-13,15-17,19,26-28H,2-11,14,18,20-25H2,1H3,(H2,42,44). The number of imidazole rings is 1. The second-order valence-corrected chi connectivity index (χ2v) is 15.8. The highest BCUT2D eigenvalue weighted by molar-refractivity contribution is 7.85. The summed E-state index contributed by atoms with van der Waals surface area (Å²) in [6.07, 6.45) is 14.0. The molecule has 2 N–H and O–H groups in total. The van der Waals surface area contributed by atoms with Gasteiger partial charge in [0.2, 0.25) is 5.91 Å². The Morgan fingerprint density at radius 3 is 2.56 bits per heavy atom. The molecule has 1 atom stereocenters. The summed E-state index contributed by atoms with van der Waals surface area (Å²) >= 11 is 6.04. The number of halogens is 2. The molecule has 1 aromatic carbocycles. The molecule has 298 valence electrons. The molecule has 1 unspecified atom stereocenters. The lowest BCUT2D eigenvalue weighted by molar-refractivity contribution is -0.132. The van der Waals surface area contributed by atoms with Crippen LogP contribution in [0.4, 0.5) is 10.2 Å². The fourth-order valence-electron chi connectivity index (χ4n) is 6.83. The van der Waals surface area contributed by atoms with E-state index in [0.29, 0.717) is 86.3 Å². The molecule has 0 aliphatic carbocycles. The number of aryl methyl sites for hydroxylation is 2. The predicted molar refractivity (Wildman–Crippen MR) is 208 cm³/mol. The summed E-state index contributed by atoms with van der Waals surface area (Å²) in [6, 6.07) is 7.96. The molecule has 5 rings (SSSR count). The maximum Gasteiger partial charge on any atom is 0.264 e. The van der Waals surface area contributed by atoms with Gasteiger partial charge in [-0.05, 0) is 68.7 Å². The summed E-state index contributed by atoms with van der Waals surface area (Å²) in [5, 5.41) is 0.593. The Morgan fingerprint density at radius 2 is 1.78 bits per heavy atom. The molecule has 0 saturated carbocycles. The van der Waals surface area contributed by atoms with E-state index < -0.39 is 15.9 Å². The number of carbonyl (C=O) groups excluding carboxylic acids is 2. The number of hydrogen-bond acceptors (Lipinski definition) is 11. The van der Waals surface area contributed by atoms with Crippen LogP contribution in [0.1, 0.15) is 79.7 Å². The van der Waals surface area contributed by atoms with Crippen molar-refractivity contribution in [2.24, 2.45) is 5.92 Å². The quantitative estimate of drug-likeness (QED) is 0.0660. The highest BCUT2D eigenvalue weighted by Gasteiger charge is 2.22. The molecule has 0 radical (unpaired) electrons. The molecule has 13 nitrogen and oxygen atoms in total. The fourth-order valence-corrected chi connectivity index (χ4v) is 7.39. The molecule has 0 spiro atoms. The van der Waals surface area contributed by atoms with Crippen molar-refractivity contribution < 1.29 is 36.1 Å². The van der Waals surface area contributed by atoms with E-state index in [2.05, 4.69) is 14.2 Å². The summed E-state index contributed by atoms with van der Waals surface area (Å²) < 4.78 is 55.1. The van der Waals surface area contributed by atoms with Crippen LogP contribution in [0.25, 0.3) is 16.8 Å². The van der Waals surface area contributed by atoms with Gasteiger partial charge in [-0.3, -0.25) is 23.2 Å². The highest BCUT2D eigenvalue weighted by atomic mass is 35.5. The van der Waals surface area contributed by atoms with Crippen LogP contribution in [-0.4, -0.2) is 96.7 Å². The number of hydrogen-bond donors (Lipinski definition) is 1. The van der Waals surface area contributed by atoms with Crippen molar-refractivity contribution in [3.05, 3.63) is 76.8 Å². The van der Waals surface area contributed by atoms with Crippen LogP contribution in [0.15, 0.2) is 48.9 Å². The van der Waals surface area contributed by atoms with Crippen molar-refractivity contribution in [1.29, 1.82) is 0 Å². The molecule has 3 aromatic heterocycles. The summed E-state index contributed by atoms with van der Waals surface area (Å²) in [5.41, 5.74) is 8.58. The Balaban J connectivity index is 1.11. The predicted octanol–water partition coefficient (Wildman–Crippen LogP) is 6.11.